The third-order valence-electron chi connectivity index (χ3n) is 2.39. The first-order valence-electron chi connectivity index (χ1n) is 3.92. The Kier molecular flexibility index (Phi) is 2.02. The van der Waals surface area contributed by atoms with Gasteiger partial charge in [0.25, 0.3) is 0 Å². The normalized spacial score (nSPS) is 34.8. The predicted octanol–water partition coefficient (Wildman–Crippen LogP) is 0.918. The second-order valence-electron chi connectivity index (χ2n) is 3.76. The summed E-state index contributed by atoms with van der Waals surface area (Å²) in [6.45, 7) is 3.54. The lowest BCUT2D eigenvalue weighted by Gasteiger charge is -2.27. The number of rotatable bonds is 1. The van der Waals surface area contributed by atoms with Crippen molar-refractivity contribution in [3.63, 3.8) is 0 Å². The quantitative estimate of drug-likeness (QED) is 0.574. The van der Waals surface area contributed by atoms with Crippen molar-refractivity contribution >= 4 is 0 Å². The molecule has 10 heavy (non-hydrogen) atoms. The minimum Gasteiger partial charge on any atom is -0.393 e. The van der Waals surface area contributed by atoms with Crippen LogP contribution in [0.2, 0.25) is 0 Å². The van der Waals surface area contributed by atoms with E-state index in [0.29, 0.717) is 0 Å². The summed E-state index contributed by atoms with van der Waals surface area (Å²) in [5.74, 6) is 0.0903. The van der Waals surface area contributed by atoms with E-state index in [4.69, 9.17) is 0 Å². The van der Waals surface area contributed by atoms with Crippen molar-refractivity contribution in [2.75, 3.05) is 0 Å². The van der Waals surface area contributed by atoms with E-state index in [2.05, 4.69) is 0 Å². The molecular formula is C8H16O2. The highest BCUT2D eigenvalue weighted by Gasteiger charge is 2.36. The van der Waals surface area contributed by atoms with E-state index in [1.54, 1.807) is 13.8 Å². The third kappa shape index (κ3) is 1.50. The van der Waals surface area contributed by atoms with Crippen LogP contribution in [0.15, 0.2) is 0 Å². The van der Waals surface area contributed by atoms with E-state index in [-0.39, 0.29) is 12.0 Å². The van der Waals surface area contributed by atoms with E-state index >= 15 is 0 Å². The van der Waals surface area contributed by atoms with Gasteiger partial charge in [-0.1, -0.05) is 6.42 Å². The Labute approximate surface area is 61.9 Å². The Morgan fingerprint density at radius 1 is 1.30 bits per heavy atom. The Morgan fingerprint density at radius 3 is 2.10 bits per heavy atom. The molecule has 1 fully saturated rings. The molecule has 1 aliphatic rings. The summed E-state index contributed by atoms with van der Waals surface area (Å²) in [5, 5.41) is 18.9. The highest BCUT2D eigenvalue weighted by atomic mass is 16.3. The lowest BCUT2D eigenvalue weighted by atomic mass is 9.88. The fraction of sp³-hybridized carbons (Fsp3) is 1.00. The van der Waals surface area contributed by atoms with Crippen molar-refractivity contribution < 1.29 is 10.2 Å². The third-order valence-corrected chi connectivity index (χ3v) is 2.39. The average Bonchev–Trinajstić information content (AvgIpc) is 2.11. The zero-order valence-corrected chi connectivity index (χ0v) is 6.67. The monoisotopic (exact) mass is 144 g/mol. The maximum absolute atomic E-state index is 9.53. The van der Waals surface area contributed by atoms with Gasteiger partial charge in [0.15, 0.2) is 0 Å². The minimum atomic E-state index is -0.698. The van der Waals surface area contributed by atoms with E-state index in [1.165, 1.54) is 0 Å². The predicted molar refractivity (Wildman–Crippen MR) is 39.6 cm³/mol. The van der Waals surface area contributed by atoms with Crippen molar-refractivity contribution in [3.8, 4) is 0 Å². The molecule has 0 saturated heterocycles. The number of hydrogen-bond acceptors (Lipinski definition) is 2. The number of aliphatic hydroxyl groups excluding tert-OH is 1. The Morgan fingerprint density at radius 2 is 1.90 bits per heavy atom. The first kappa shape index (κ1) is 8.02. The lowest BCUT2D eigenvalue weighted by Crippen LogP contribution is -2.35. The van der Waals surface area contributed by atoms with Crippen molar-refractivity contribution in [3.05, 3.63) is 0 Å². The van der Waals surface area contributed by atoms with Gasteiger partial charge in [-0.3, -0.25) is 0 Å². The van der Waals surface area contributed by atoms with Gasteiger partial charge < -0.3 is 10.2 Å². The van der Waals surface area contributed by atoms with Crippen LogP contribution in [-0.2, 0) is 0 Å². The second-order valence-corrected chi connectivity index (χ2v) is 3.76. The van der Waals surface area contributed by atoms with Crippen LogP contribution >= 0.6 is 0 Å². The highest BCUT2D eigenvalue weighted by molar-refractivity contribution is 4.87. The van der Waals surface area contributed by atoms with Crippen LogP contribution in [0.4, 0.5) is 0 Å². The van der Waals surface area contributed by atoms with Crippen LogP contribution < -0.4 is 0 Å². The summed E-state index contributed by atoms with van der Waals surface area (Å²) in [5.41, 5.74) is -0.698. The lowest BCUT2D eigenvalue weighted by molar-refractivity contribution is -0.0314. The summed E-state index contributed by atoms with van der Waals surface area (Å²) < 4.78 is 0. The molecule has 1 aliphatic carbocycles. The Balaban J connectivity index is 2.55. The van der Waals surface area contributed by atoms with Gasteiger partial charge in [0, 0.05) is 5.92 Å². The first-order valence-corrected chi connectivity index (χ1v) is 3.92. The van der Waals surface area contributed by atoms with Gasteiger partial charge in [0.1, 0.15) is 0 Å². The number of aliphatic hydroxyl groups is 2. The molecule has 0 bridgehead atoms. The summed E-state index contributed by atoms with van der Waals surface area (Å²) in [7, 11) is 0. The van der Waals surface area contributed by atoms with Crippen LogP contribution in [0.1, 0.15) is 33.1 Å². The molecule has 1 saturated carbocycles. The molecule has 0 aromatic heterocycles. The smallest absolute Gasteiger partial charge is 0.0644 e. The highest BCUT2D eigenvalue weighted by Crippen LogP contribution is 2.33. The van der Waals surface area contributed by atoms with Gasteiger partial charge in [-0.2, -0.15) is 0 Å². The zero-order valence-electron chi connectivity index (χ0n) is 6.67. The molecule has 0 amide bonds. The molecule has 0 aromatic carbocycles. The van der Waals surface area contributed by atoms with E-state index < -0.39 is 5.60 Å². The molecule has 60 valence electrons. The molecule has 2 nitrogen and oxygen atoms in total. The molecule has 2 heteroatoms. The molecular weight excluding hydrogens is 128 g/mol. The van der Waals surface area contributed by atoms with Crippen LogP contribution in [0, 0.1) is 5.92 Å². The zero-order chi connectivity index (χ0) is 7.78. The Bertz CT molecular complexity index is 115. The van der Waals surface area contributed by atoms with Gasteiger partial charge in [-0.25, -0.2) is 0 Å². The maximum Gasteiger partial charge on any atom is 0.0644 e. The van der Waals surface area contributed by atoms with Crippen LogP contribution in [-0.4, -0.2) is 21.9 Å². The van der Waals surface area contributed by atoms with Gasteiger partial charge in [0.05, 0.1) is 11.7 Å². The van der Waals surface area contributed by atoms with Crippen LogP contribution in [0.3, 0.4) is 0 Å². The molecule has 0 radical (unpaired) electrons. The van der Waals surface area contributed by atoms with E-state index in [1.807, 2.05) is 0 Å². The molecule has 0 unspecified atom stereocenters. The first-order chi connectivity index (χ1) is 4.52. The van der Waals surface area contributed by atoms with Crippen molar-refractivity contribution in [1.29, 1.82) is 0 Å². The summed E-state index contributed by atoms with van der Waals surface area (Å²) in [6, 6.07) is 0. The molecule has 0 aliphatic heterocycles. The molecule has 2 atom stereocenters. The fourth-order valence-corrected chi connectivity index (χ4v) is 1.76. The van der Waals surface area contributed by atoms with Crippen LogP contribution in [0.25, 0.3) is 0 Å². The summed E-state index contributed by atoms with van der Waals surface area (Å²) in [6.07, 6.45) is 2.59. The summed E-state index contributed by atoms with van der Waals surface area (Å²) >= 11 is 0. The van der Waals surface area contributed by atoms with E-state index in [9.17, 15) is 10.2 Å². The van der Waals surface area contributed by atoms with Crippen LogP contribution in [0.5, 0.6) is 0 Å². The molecule has 0 heterocycles. The minimum absolute atomic E-state index is 0.0903. The second kappa shape index (κ2) is 2.51. The molecule has 1 rings (SSSR count). The molecule has 0 aromatic rings. The number of hydrogen-bond donors (Lipinski definition) is 2. The van der Waals surface area contributed by atoms with Crippen molar-refractivity contribution in [2.45, 2.75) is 44.8 Å². The van der Waals surface area contributed by atoms with Gasteiger partial charge in [-0.15, -0.1) is 0 Å². The fourth-order valence-electron chi connectivity index (χ4n) is 1.76. The molecule has 2 N–H and O–H groups in total. The van der Waals surface area contributed by atoms with Gasteiger partial charge in [-0.05, 0) is 26.7 Å². The van der Waals surface area contributed by atoms with Crippen molar-refractivity contribution in [2.24, 2.45) is 5.92 Å². The summed E-state index contributed by atoms with van der Waals surface area (Å²) in [4.78, 5) is 0. The average molecular weight is 144 g/mol. The molecule has 0 spiro atoms. The SMILES string of the molecule is CC(C)(O)[C@@H]1CCC[C@@H]1O. The Hall–Kier alpha value is -0.0800. The standard InChI is InChI=1S/C8H16O2/c1-8(2,10)6-4-3-5-7(6)9/h6-7,9-10H,3-5H2,1-2H3/t6-,7+/m1/s1. The maximum atomic E-state index is 9.53. The van der Waals surface area contributed by atoms with Gasteiger partial charge >= 0.3 is 0 Å². The van der Waals surface area contributed by atoms with Crippen molar-refractivity contribution in [1.82, 2.24) is 0 Å². The van der Waals surface area contributed by atoms with E-state index in [0.717, 1.165) is 19.3 Å². The van der Waals surface area contributed by atoms with Gasteiger partial charge in [0.2, 0.25) is 0 Å². The largest absolute Gasteiger partial charge is 0.393 e. The topological polar surface area (TPSA) is 40.5 Å².